The van der Waals surface area contributed by atoms with E-state index in [0.29, 0.717) is 27.8 Å². The summed E-state index contributed by atoms with van der Waals surface area (Å²) in [6.07, 6.45) is 0.484. The average molecular weight is 510 g/mol. The summed E-state index contributed by atoms with van der Waals surface area (Å²) in [4.78, 5) is 30.9. The van der Waals surface area contributed by atoms with E-state index in [2.05, 4.69) is 37.1 Å². The second-order valence-electron chi connectivity index (χ2n) is 8.18. The van der Waals surface area contributed by atoms with Crippen LogP contribution in [0, 0.1) is 24.7 Å². The number of hydrogen-bond donors (Lipinski definition) is 1. The van der Waals surface area contributed by atoms with Crippen LogP contribution in [0.2, 0.25) is 0 Å². The summed E-state index contributed by atoms with van der Waals surface area (Å²) in [5.74, 6) is 6.14. The SMILES string of the molecule is COc1ccc(C(F)(F)F)cc1-c1cc(C)ncc1C(=O)Nc1nc2ncc(C#CC3CC3)nc2s1. The summed E-state index contributed by atoms with van der Waals surface area (Å²) < 4.78 is 45.5. The number of aryl methyl sites for hydroxylation is 1. The molecule has 0 atom stereocenters. The predicted molar refractivity (Wildman–Crippen MR) is 129 cm³/mol. The molecule has 182 valence electrons. The van der Waals surface area contributed by atoms with E-state index in [1.165, 1.54) is 25.6 Å². The molecular formula is C25H18F3N5O2S. The molecule has 1 saturated carbocycles. The van der Waals surface area contributed by atoms with Gasteiger partial charge in [0.05, 0.1) is 24.4 Å². The summed E-state index contributed by atoms with van der Waals surface area (Å²) in [5, 5.41) is 2.93. The molecule has 0 unspecified atom stereocenters. The molecule has 1 aliphatic carbocycles. The molecule has 3 aromatic heterocycles. The Morgan fingerprint density at radius 3 is 2.67 bits per heavy atom. The van der Waals surface area contributed by atoms with Gasteiger partial charge in [0.15, 0.2) is 15.6 Å². The number of halogens is 3. The van der Waals surface area contributed by atoms with Gasteiger partial charge in [0.1, 0.15) is 11.4 Å². The highest BCUT2D eigenvalue weighted by atomic mass is 32.1. The van der Waals surface area contributed by atoms with Crippen LogP contribution >= 0.6 is 11.3 Å². The summed E-state index contributed by atoms with van der Waals surface area (Å²) >= 11 is 1.12. The molecule has 1 amide bonds. The number of pyridine rings is 1. The number of nitrogens with zero attached hydrogens (tertiary/aromatic N) is 4. The highest BCUT2D eigenvalue weighted by molar-refractivity contribution is 7.21. The van der Waals surface area contributed by atoms with Crippen LogP contribution in [0.1, 0.15) is 40.2 Å². The van der Waals surface area contributed by atoms with E-state index in [1.807, 2.05) is 0 Å². The number of fused-ring (bicyclic) bond motifs is 1. The first-order valence-electron chi connectivity index (χ1n) is 10.9. The van der Waals surface area contributed by atoms with Gasteiger partial charge in [-0.15, -0.1) is 0 Å². The number of thiazole rings is 1. The van der Waals surface area contributed by atoms with Crippen LogP contribution in [0.5, 0.6) is 5.75 Å². The van der Waals surface area contributed by atoms with Crippen molar-refractivity contribution in [3.05, 3.63) is 59.2 Å². The molecule has 5 rings (SSSR count). The zero-order chi connectivity index (χ0) is 25.4. The first-order valence-corrected chi connectivity index (χ1v) is 11.7. The number of carbonyl (C=O) groups is 1. The summed E-state index contributed by atoms with van der Waals surface area (Å²) in [6.45, 7) is 1.68. The molecule has 0 spiro atoms. The lowest BCUT2D eigenvalue weighted by molar-refractivity contribution is -0.137. The average Bonchev–Trinajstić information content (AvgIpc) is 3.59. The van der Waals surface area contributed by atoms with E-state index < -0.39 is 17.6 Å². The van der Waals surface area contributed by atoms with Gasteiger partial charge < -0.3 is 4.74 Å². The van der Waals surface area contributed by atoms with E-state index >= 15 is 0 Å². The minimum atomic E-state index is -4.56. The number of carbonyl (C=O) groups excluding carboxylic acids is 1. The molecule has 0 aliphatic heterocycles. The summed E-state index contributed by atoms with van der Waals surface area (Å²) in [6, 6.07) is 4.66. The molecule has 7 nitrogen and oxygen atoms in total. The zero-order valence-electron chi connectivity index (χ0n) is 19.1. The van der Waals surface area contributed by atoms with E-state index in [4.69, 9.17) is 4.74 Å². The fourth-order valence-electron chi connectivity index (χ4n) is 3.46. The second-order valence-corrected chi connectivity index (χ2v) is 9.16. The molecule has 1 N–H and O–H groups in total. The predicted octanol–water partition coefficient (Wildman–Crippen LogP) is 5.50. The number of rotatable bonds is 4. The lowest BCUT2D eigenvalue weighted by Crippen LogP contribution is -2.14. The van der Waals surface area contributed by atoms with Crippen molar-refractivity contribution in [2.45, 2.75) is 25.9 Å². The molecular weight excluding hydrogens is 491 g/mol. The Balaban J connectivity index is 1.49. The number of aromatic nitrogens is 4. The molecule has 0 radical (unpaired) electrons. The normalized spacial score (nSPS) is 13.2. The van der Waals surface area contributed by atoms with Crippen molar-refractivity contribution < 1.29 is 22.7 Å². The van der Waals surface area contributed by atoms with Gasteiger partial charge in [-0.1, -0.05) is 17.3 Å². The molecule has 1 fully saturated rings. The van der Waals surface area contributed by atoms with Gasteiger partial charge in [0.25, 0.3) is 5.91 Å². The number of alkyl halides is 3. The molecule has 0 saturated heterocycles. The summed E-state index contributed by atoms with van der Waals surface area (Å²) in [7, 11) is 1.35. The van der Waals surface area contributed by atoms with Crippen molar-refractivity contribution in [3.63, 3.8) is 0 Å². The smallest absolute Gasteiger partial charge is 0.416 e. The number of benzene rings is 1. The Morgan fingerprint density at radius 2 is 1.94 bits per heavy atom. The van der Waals surface area contributed by atoms with Crippen molar-refractivity contribution >= 4 is 32.9 Å². The second kappa shape index (κ2) is 9.20. The number of amides is 1. The van der Waals surface area contributed by atoms with Crippen LogP contribution in [0.25, 0.3) is 21.6 Å². The minimum absolute atomic E-state index is 0.0642. The third-order valence-corrected chi connectivity index (χ3v) is 6.28. The van der Waals surface area contributed by atoms with E-state index in [-0.39, 0.29) is 27.6 Å². The van der Waals surface area contributed by atoms with Gasteiger partial charge in [-0.2, -0.15) is 18.2 Å². The molecule has 0 bridgehead atoms. The van der Waals surface area contributed by atoms with Gasteiger partial charge in [0.2, 0.25) is 0 Å². The van der Waals surface area contributed by atoms with Crippen molar-refractivity contribution in [3.8, 4) is 28.7 Å². The largest absolute Gasteiger partial charge is 0.496 e. The highest BCUT2D eigenvalue weighted by Crippen LogP contribution is 2.39. The third-order valence-electron chi connectivity index (χ3n) is 5.43. The maximum atomic E-state index is 13.4. The zero-order valence-corrected chi connectivity index (χ0v) is 19.9. The van der Waals surface area contributed by atoms with Crippen molar-refractivity contribution in [2.75, 3.05) is 12.4 Å². The fourth-order valence-corrected chi connectivity index (χ4v) is 4.25. The van der Waals surface area contributed by atoms with E-state index in [9.17, 15) is 18.0 Å². The van der Waals surface area contributed by atoms with Crippen LogP contribution in [-0.2, 0) is 6.18 Å². The van der Waals surface area contributed by atoms with E-state index in [0.717, 1.165) is 36.3 Å². The lowest BCUT2D eigenvalue weighted by Gasteiger charge is -2.15. The number of ether oxygens (including phenoxy) is 1. The standard InChI is InChI=1S/C25H18F3N5O2S/c1-13-9-17(18-10-15(25(26,27)28)6-8-20(18)35-2)19(12-29-13)22(34)33-24-32-21-23(36-24)31-16(11-30-21)7-5-14-3-4-14/h6,8-12,14H,3-4H2,1-2H3,(H,30,32,33,34). The monoisotopic (exact) mass is 509 g/mol. The molecule has 36 heavy (non-hydrogen) atoms. The molecule has 1 aliphatic rings. The molecule has 3 heterocycles. The Labute approximate surface area is 207 Å². The topological polar surface area (TPSA) is 89.9 Å². The third kappa shape index (κ3) is 4.99. The lowest BCUT2D eigenvalue weighted by atomic mass is 9.97. The number of hydrogen-bond acceptors (Lipinski definition) is 7. The van der Waals surface area contributed by atoms with Crippen LogP contribution < -0.4 is 10.1 Å². The Bertz CT molecular complexity index is 1550. The molecule has 4 aromatic rings. The van der Waals surface area contributed by atoms with Gasteiger partial charge in [0, 0.05) is 28.9 Å². The first-order chi connectivity index (χ1) is 17.2. The van der Waals surface area contributed by atoms with Crippen LogP contribution in [0.15, 0.2) is 36.7 Å². The van der Waals surface area contributed by atoms with Gasteiger partial charge in [-0.3, -0.25) is 15.1 Å². The number of methoxy groups -OCH3 is 1. The Morgan fingerprint density at radius 1 is 1.14 bits per heavy atom. The van der Waals surface area contributed by atoms with E-state index in [1.54, 1.807) is 13.0 Å². The van der Waals surface area contributed by atoms with Gasteiger partial charge in [-0.25, -0.2) is 9.97 Å². The number of anilines is 1. The fraction of sp³-hybridized carbons (Fsp3) is 0.240. The van der Waals surface area contributed by atoms with Crippen LogP contribution in [0.3, 0.4) is 0 Å². The Kier molecular flexibility index (Phi) is 6.05. The van der Waals surface area contributed by atoms with Crippen molar-refractivity contribution in [2.24, 2.45) is 5.92 Å². The maximum Gasteiger partial charge on any atom is 0.416 e. The quantitative estimate of drug-likeness (QED) is 0.366. The van der Waals surface area contributed by atoms with Crippen LogP contribution in [-0.4, -0.2) is 33.0 Å². The number of nitrogens with one attached hydrogen (secondary N) is 1. The van der Waals surface area contributed by atoms with Crippen molar-refractivity contribution in [1.29, 1.82) is 0 Å². The van der Waals surface area contributed by atoms with Crippen LogP contribution in [0.4, 0.5) is 18.3 Å². The molecule has 11 heteroatoms. The first kappa shape index (κ1) is 23.7. The molecule has 1 aromatic carbocycles. The Hall–Kier alpha value is -4.04. The minimum Gasteiger partial charge on any atom is -0.496 e. The van der Waals surface area contributed by atoms with Gasteiger partial charge in [-0.05, 0) is 50.0 Å². The summed E-state index contributed by atoms with van der Waals surface area (Å²) in [5.41, 5.74) is 0.978. The van der Waals surface area contributed by atoms with Crippen molar-refractivity contribution in [1.82, 2.24) is 19.9 Å². The maximum absolute atomic E-state index is 13.4. The van der Waals surface area contributed by atoms with Gasteiger partial charge >= 0.3 is 6.18 Å². The highest BCUT2D eigenvalue weighted by Gasteiger charge is 2.32.